The molecule has 0 radical (unpaired) electrons. The molecule has 0 aliphatic carbocycles. The predicted molar refractivity (Wildman–Crippen MR) is 77.4 cm³/mol. The van der Waals surface area contributed by atoms with Crippen LogP contribution >= 0.6 is 0 Å². The second-order valence-corrected chi connectivity index (χ2v) is 4.70. The first kappa shape index (κ1) is 14.5. The van der Waals surface area contributed by atoms with E-state index in [1.165, 1.54) is 12.1 Å². The molecule has 0 unspecified atom stereocenters. The van der Waals surface area contributed by atoms with E-state index in [9.17, 15) is 4.39 Å². The minimum atomic E-state index is -0.319. The van der Waals surface area contributed by atoms with E-state index in [-0.39, 0.29) is 5.82 Å². The van der Waals surface area contributed by atoms with Gasteiger partial charge in [0.15, 0.2) is 0 Å². The van der Waals surface area contributed by atoms with Crippen molar-refractivity contribution in [3.63, 3.8) is 0 Å². The van der Waals surface area contributed by atoms with E-state index < -0.39 is 0 Å². The van der Waals surface area contributed by atoms with Crippen LogP contribution in [-0.4, -0.2) is 11.5 Å². The first-order chi connectivity index (χ1) is 9.69. The molecular weight excluding hydrogens is 255 g/mol. The van der Waals surface area contributed by atoms with Crippen LogP contribution in [0.3, 0.4) is 0 Å². The summed E-state index contributed by atoms with van der Waals surface area (Å²) in [6.07, 6.45) is 2.89. The van der Waals surface area contributed by atoms with E-state index in [2.05, 4.69) is 17.2 Å². The minimum Gasteiger partial charge on any atom is -0.439 e. The normalized spacial score (nSPS) is 10.6. The second-order valence-electron chi connectivity index (χ2n) is 4.70. The first-order valence-corrected chi connectivity index (χ1v) is 6.78. The van der Waals surface area contributed by atoms with Crippen molar-refractivity contribution in [3.8, 4) is 11.6 Å². The summed E-state index contributed by atoms with van der Waals surface area (Å²) in [6, 6.07) is 8.09. The lowest BCUT2D eigenvalue weighted by Gasteiger charge is -2.09. The molecule has 0 spiro atoms. The zero-order valence-corrected chi connectivity index (χ0v) is 11.8. The molecule has 0 bridgehead atoms. The van der Waals surface area contributed by atoms with E-state index in [0.717, 1.165) is 30.6 Å². The maximum absolute atomic E-state index is 13.1. The molecule has 0 fully saturated rings. The second kappa shape index (κ2) is 7.01. The van der Waals surface area contributed by atoms with Crippen LogP contribution in [0.25, 0.3) is 0 Å². The fourth-order valence-electron chi connectivity index (χ4n) is 1.88. The van der Waals surface area contributed by atoms with Crippen LogP contribution in [-0.2, 0) is 6.54 Å². The van der Waals surface area contributed by atoms with Gasteiger partial charge in [-0.2, -0.15) is 0 Å². The number of benzene rings is 1. The zero-order valence-electron chi connectivity index (χ0n) is 11.8. The highest BCUT2D eigenvalue weighted by molar-refractivity contribution is 5.33. The topological polar surface area (TPSA) is 34.2 Å². The van der Waals surface area contributed by atoms with Crippen LogP contribution in [0, 0.1) is 12.7 Å². The Morgan fingerprint density at radius 2 is 2.15 bits per heavy atom. The highest BCUT2D eigenvalue weighted by atomic mass is 19.1. The summed E-state index contributed by atoms with van der Waals surface area (Å²) in [5, 5.41) is 3.32. The Kier molecular flexibility index (Phi) is 5.07. The van der Waals surface area contributed by atoms with Gasteiger partial charge in [0.2, 0.25) is 5.88 Å². The number of aromatic nitrogens is 1. The van der Waals surface area contributed by atoms with Gasteiger partial charge in [-0.15, -0.1) is 0 Å². The molecule has 20 heavy (non-hydrogen) atoms. The highest BCUT2D eigenvalue weighted by Crippen LogP contribution is 2.23. The molecule has 0 saturated carbocycles. The molecular formula is C16H19FN2O. The maximum Gasteiger partial charge on any atom is 0.222 e. The molecule has 0 aliphatic rings. The summed E-state index contributed by atoms with van der Waals surface area (Å²) in [7, 11) is 0. The molecule has 0 aliphatic heterocycles. The first-order valence-electron chi connectivity index (χ1n) is 6.78. The summed E-state index contributed by atoms with van der Waals surface area (Å²) in [4.78, 5) is 4.30. The fraction of sp³-hybridized carbons (Fsp3) is 0.312. The number of pyridine rings is 1. The molecule has 106 valence electrons. The third kappa shape index (κ3) is 4.03. The number of halogens is 1. The smallest absolute Gasteiger partial charge is 0.222 e. The summed E-state index contributed by atoms with van der Waals surface area (Å²) < 4.78 is 18.7. The average Bonchev–Trinajstić information content (AvgIpc) is 2.42. The van der Waals surface area contributed by atoms with Crippen molar-refractivity contribution in [2.45, 2.75) is 26.8 Å². The standard InChI is InChI=1S/C16H19FN2O/c1-3-7-18-10-13-8-12(2)16(19-11-13)20-15-6-4-5-14(17)9-15/h4-6,8-9,11,18H,3,7,10H2,1-2H3. The molecule has 1 aromatic heterocycles. The molecule has 0 saturated heterocycles. The van der Waals surface area contributed by atoms with Gasteiger partial charge in [-0.05, 0) is 43.7 Å². The Morgan fingerprint density at radius 3 is 2.85 bits per heavy atom. The molecule has 1 heterocycles. The Balaban J connectivity index is 2.06. The molecule has 4 heteroatoms. The number of hydrogen-bond donors (Lipinski definition) is 1. The molecule has 1 N–H and O–H groups in total. The van der Waals surface area contributed by atoms with Gasteiger partial charge in [0.25, 0.3) is 0 Å². The van der Waals surface area contributed by atoms with E-state index in [1.54, 1.807) is 18.3 Å². The van der Waals surface area contributed by atoms with Gasteiger partial charge in [-0.25, -0.2) is 9.37 Å². The number of rotatable bonds is 6. The summed E-state index contributed by atoms with van der Waals surface area (Å²) in [5.74, 6) is 0.646. The van der Waals surface area contributed by atoms with Crippen LogP contribution in [0.2, 0.25) is 0 Å². The zero-order chi connectivity index (χ0) is 14.4. The van der Waals surface area contributed by atoms with Gasteiger partial charge in [-0.3, -0.25) is 0 Å². The molecule has 3 nitrogen and oxygen atoms in total. The highest BCUT2D eigenvalue weighted by Gasteiger charge is 2.05. The third-order valence-electron chi connectivity index (χ3n) is 2.85. The van der Waals surface area contributed by atoms with Crippen LogP contribution < -0.4 is 10.1 Å². The lowest BCUT2D eigenvalue weighted by Crippen LogP contribution is -2.14. The molecule has 0 amide bonds. The van der Waals surface area contributed by atoms with Crippen molar-refractivity contribution in [3.05, 3.63) is 53.5 Å². The van der Waals surface area contributed by atoms with E-state index in [1.807, 2.05) is 13.0 Å². The van der Waals surface area contributed by atoms with E-state index in [0.29, 0.717) is 11.6 Å². The number of nitrogens with one attached hydrogen (secondary N) is 1. The largest absolute Gasteiger partial charge is 0.439 e. The summed E-state index contributed by atoms with van der Waals surface area (Å²) >= 11 is 0. The predicted octanol–water partition coefficient (Wildman–Crippen LogP) is 3.82. The molecule has 0 atom stereocenters. The average molecular weight is 274 g/mol. The van der Waals surface area contributed by atoms with Gasteiger partial charge < -0.3 is 10.1 Å². The monoisotopic (exact) mass is 274 g/mol. The lowest BCUT2D eigenvalue weighted by molar-refractivity contribution is 0.453. The Morgan fingerprint density at radius 1 is 1.30 bits per heavy atom. The quantitative estimate of drug-likeness (QED) is 0.813. The maximum atomic E-state index is 13.1. The number of hydrogen-bond acceptors (Lipinski definition) is 3. The van der Waals surface area contributed by atoms with E-state index in [4.69, 9.17) is 4.74 Å². The van der Waals surface area contributed by atoms with Gasteiger partial charge in [0.1, 0.15) is 11.6 Å². The van der Waals surface area contributed by atoms with Crippen molar-refractivity contribution in [2.24, 2.45) is 0 Å². The van der Waals surface area contributed by atoms with Crippen molar-refractivity contribution in [2.75, 3.05) is 6.54 Å². The Labute approximate surface area is 118 Å². The van der Waals surface area contributed by atoms with Crippen molar-refractivity contribution in [1.82, 2.24) is 10.3 Å². The molecule has 2 rings (SSSR count). The van der Waals surface area contributed by atoms with Crippen LogP contribution in [0.5, 0.6) is 11.6 Å². The number of ether oxygens (including phenoxy) is 1. The Bertz CT molecular complexity index is 572. The number of aryl methyl sites for hydroxylation is 1. The summed E-state index contributed by atoms with van der Waals surface area (Å²) in [5.41, 5.74) is 2.05. The van der Waals surface area contributed by atoms with Gasteiger partial charge in [0, 0.05) is 24.4 Å². The van der Waals surface area contributed by atoms with Crippen molar-refractivity contribution in [1.29, 1.82) is 0 Å². The number of nitrogens with zero attached hydrogens (tertiary/aromatic N) is 1. The molecule has 1 aromatic carbocycles. The lowest BCUT2D eigenvalue weighted by atomic mass is 10.2. The van der Waals surface area contributed by atoms with Crippen molar-refractivity contribution >= 4 is 0 Å². The SMILES string of the molecule is CCCNCc1cnc(Oc2cccc(F)c2)c(C)c1. The fourth-order valence-corrected chi connectivity index (χ4v) is 1.88. The minimum absolute atomic E-state index is 0.319. The van der Waals surface area contributed by atoms with Gasteiger partial charge in [-0.1, -0.05) is 13.0 Å². The summed E-state index contributed by atoms with van der Waals surface area (Å²) in [6.45, 7) is 5.85. The van der Waals surface area contributed by atoms with Crippen LogP contribution in [0.4, 0.5) is 4.39 Å². The Hall–Kier alpha value is -1.94. The van der Waals surface area contributed by atoms with Crippen molar-refractivity contribution < 1.29 is 9.13 Å². The van der Waals surface area contributed by atoms with Gasteiger partial charge in [0.05, 0.1) is 0 Å². The van der Waals surface area contributed by atoms with Gasteiger partial charge >= 0.3 is 0 Å². The van der Waals surface area contributed by atoms with Crippen LogP contribution in [0.1, 0.15) is 24.5 Å². The van der Waals surface area contributed by atoms with Crippen LogP contribution in [0.15, 0.2) is 36.5 Å². The van der Waals surface area contributed by atoms with E-state index >= 15 is 0 Å². The third-order valence-corrected chi connectivity index (χ3v) is 2.85. The molecule has 2 aromatic rings.